The number of halogens is 1. The van der Waals surface area contributed by atoms with Crippen molar-refractivity contribution in [3.05, 3.63) is 40.0 Å². The number of hydrogen-bond acceptors (Lipinski definition) is 3. The fraction of sp³-hybridized carbons (Fsp3) is 0.357. The monoisotopic (exact) mass is 262 g/mol. The quantitative estimate of drug-likeness (QED) is 0.857. The molecule has 0 amide bonds. The summed E-state index contributed by atoms with van der Waals surface area (Å²) in [6, 6.07) is 5.73. The first-order chi connectivity index (χ1) is 8.70. The number of para-hydroxylation sites is 1. The molecule has 0 saturated heterocycles. The highest BCUT2D eigenvalue weighted by Gasteiger charge is 2.20. The zero-order valence-electron chi connectivity index (χ0n) is 10.3. The zero-order chi connectivity index (χ0) is 12.7. The van der Waals surface area contributed by atoms with E-state index >= 15 is 0 Å². The van der Waals surface area contributed by atoms with Crippen molar-refractivity contribution in [1.29, 1.82) is 0 Å². The van der Waals surface area contributed by atoms with Crippen LogP contribution < -0.4 is 0 Å². The summed E-state index contributed by atoms with van der Waals surface area (Å²) in [5, 5.41) is 11.3. The van der Waals surface area contributed by atoms with Crippen molar-refractivity contribution >= 4 is 22.5 Å². The van der Waals surface area contributed by atoms with Crippen LogP contribution in [0, 0.1) is 0 Å². The molecule has 0 unspecified atom stereocenters. The van der Waals surface area contributed by atoms with Crippen molar-refractivity contribution in [3.63, 3.8) is 0 Å². The number of fused-ring (bicyclic) bond motifs is 2. The SMILES string of the molecule is CN1CCc2nc3c(Cl)cccc3c(CO)c2C1. The van der Waals surface area contributed by atoms with E-state index in [1.807, 2.05) is 18.2 Å². The van der Waals surface area contributed by atoms with Crippen LogP contribution >= 0.6 is 11.6 Å². The van der Waals surface area contributed by atoms with Crippen LogP contribution in [0.3, 0.4) is 0 Å². The van der Waals surface area contributed by atoms with Crippen LogP contribution in [-0.4, -0.2) is 28.6 Å². The van der Waals surface area contributed by atoms with E-state index in [-0.39, 0.29) is 6.61 Å². The Morgan fingerprint density at radius 3 is 3.06 bits per heavy atom. The van der Waals surface area contributed by atoms with Gasteiger partial charge in [-0.3, -0.25) is 4.98 Å². The number of benzene rings is 1. The van der Waals surface area contributed by atoms with E-state index in [1.165, 1.54) is 5.56 Å². The fourth-order valence-electron chi connectivity index (χ4n) is 2.63. The van der Waals surface area contributed by atoms with Crippen molar-refractivity contribution in [1.82, 2.24) is 9.88 Å². The topological polar surface area (TPSA) is 36.4 Å². The lowest BCUT2D eigenvalue weighted by atomic mass is 9.96. The van der Waals surface area contributed by atoms with Gasteiger partial charge in [0.05, 0.1) is 17.1 Å². The second kappa shape index (κ2) is 4.50. The first-order valence-electron chi connectivity index (χ1n) is 6.09. The molecular formula is C14H15ClN2O. The Morgan fingerprint density at radius 1 is 1.44 bits per heavy atom. The van der Waals surface area contributed by atoms with Gasteiger partial charge in [-0.2, -0.15) is 0 Å². The van der Waals surface area contributed by atoms with E-state index in [4.69, 9.17) is 11.6 Å². The first kappa shape index (κ1) is 11.9. The molecule has 2 aromatic rings. The van der Waals surface area contributed by atoms with Gasteiger partial charge in [-0.1, -0.05) is 23.7 Å². The Balaban J connectivity index is 2.34. The van der Waals surface area contributed by atoms with E-state index in [0.29, 0.717) is 5.02 Å². The van der Waals surface area contributed by atoms with Gasteiger partial charge in [-0.15, -0.1) is 0 Å². The number of rotatable bonds is 1. The summed E-state index contributed by atoms with van der Waals surface area (Å²) in [6.07, 6.45) is 0.917. The Kier molecular flexibility index (Phi) is 2.98. The van der Waals surface area contributed by atoms with E-state index in [2.05, 4.69) is 16.9 Å². The molecule has 0 radical (unpaired) electrons. The summed E-state index contributed by atoms with van der Waals surface area (Å²) in [7, 11) is 2.09. The van der Waals surface area contributed by atoms with Crippen LogP contribution in [-0.2, 0) is 19.6 Å². The smallest absolute Gasteiger partial charge is 0.0895 e. The van der Waals surface area contributed by atoms with Gasteiger partial charge in [-0.05, 0) is 24.2 Å². The van der Waals surface area contributed by atoms with Gasteiger partial charge >= 0.3 is 0 Å². The van der Waals surface area contributed by atoms with Gasteiger partial charge in [0.1, 0.15) is 0 Å². The van der Waals surface area contributed by atoms with Crippen LogP contribution in [0.1, 0.15) is 16.8 Å². The molecule has 0 spiro atoms. The number of nitrogens with zero attached hydrogens (tertiary/aromatic N) is 2. The van der Waals surface area contributed by atoms with Crippen LogP contribution in [0.25, 0.3) is 10.9 Å². The summed E-state index contributed by atoms with van der Waals surface area (Å²) in [5.74, 6) is 0. The number of aliphatic hydroxyl groups is 1. The average Bonchev–Trinajstić information content (AvgIpc) is 2.37. The van der Waals surface area contributed by atoms with Crippen molar-refractivity contribution in [2.75, 3.05) is 13.6 Å². The molecule has 4 heteroatoms. The van der Waals surface area contributed by atoms with Gasteiger partial charge in [-0.25, -0.2) is 0 Å². The number of aromatic nitrogens is 1. The summed E-state index contributed by atoms with van der Waals surface area (Å²) in [5.41, 5.74) is 4.04. The molecule has 1 N–H and O–H groups in total. The Bertz CT molecular complexity index is 612. The molecule has 94 valence electrons. The van der Waals surface area contributed by atoms with E-state index in [1.54, 1.807) is 0 Å². The maximum Gasteiger partial charge on any atom is 0.0895 e. The van der Waals surface area contributed by atoms with Gasteiger partial charge in [0.15, 0.2) is 0 Å². The first-order valence-corrected chi connectivity index (χ1v) is 6.46. The summed E-state index contributed by atoms with van der Waals surface area (Å²) in [6.45, 7) is 1.89. The molecule has 1 aromatic carbocycles. The highest BCUT2D eigenvalue weighted by molar-refractivity contribution is 6.35. The van der Waals surface area contributed by atoms with E-state index < -0.39 is 0 Å². The Hall–Kier alpha value is -1.16. The number of likely N-dealkylation sites (N-methyl/N-ethyl adjacent to an activating group) is 1. The molecule has 1 aromatic heterocycles. The number of hydrogen-bond donors (Lipinski definition) is 1. The molecule has 0 atom stereocenters. The predicted molar refractivity (Wildman–Crippen MR) is 72.7 cm³/mol. The molecule has 0 aliphatic carbocycles. The highest BCUT2D eigenvalue weighted by atomic mass is 35.5. The number of aliphatic hydroxyl groups excluding tert-OH is 1. The van der Waals surface area contributed by atoms with E-state index in [0.717, 1.165) is 41.7 Å². The number of pyridine rings is 1. The van der Waals surface area contributed by atoms with Gasteiger partial charge < -0.3 is 10.0 Å². The summed E-state index contributed by atoms with van der Waals surface area (Å²) >= 11 is 6.20. The van der Waals surface area contributed by atoms with E-state index in [9.17, 15) is 5.11 Å². The lowest BCUT2D eigenvalue weighted by molar-refractivity contribution is 0.271. The molecule has 18 heavy (non-hydrogen) atoms. The molecule has 1 aliphatic heterocycles. The minimum Gasteiger partial charge on any atom is -0.392 e. The summed E-state index contributed by atoms with van der Waals surface area (Å²) < 4.78 is 0. The molecule has 1 aliphatic rings. The van der Waals surface area contributed by atoms with Crippen LogP contribution in [0.15, 0.2) is 18.2 Å². The van der Waals surface area contributed by atoms with Crippen molar-refractivity contribution in [2.45, 2.75) is 19.6 Å². The lowest BCUT2D eigenvalue weighted by Gasteiger charge is -2.27. The largest absolute Gasteiger partial charge is 0.392 e. The molecule has 0 fully saturated rings. The highest BCUT2D eigenvalue weighted by Crippen LogP contribution is 2.30. The molecule has 2 heterocycles. The Morgan fingerprint density at radius 2 is 2.28 bits per heavy atom. The summed E-state index contributed by atoms with van der Waals surface area (Å²) in [4.78, 5) is 6.94. The van der Waals surface area contributed by atoms with Crippen molar-refractivity contribution in [3.8, 4) is 0 Å². The predicted octanol–water partition coefficient (Wildman–Crippen LogP) is 2.37. The maximum absolute atomic E-state index is 9.68. The van der Waals surface area contributed by atoms with Crippen LogP contribution in [0.4, 0.5) is 0 Å². The van der Waals surface area contributed by atoms with Gasteiger partial charge in [0.25, 0.3) is 0 Å². The molecular weight excluding hydrogens is 248 g/mol. The maximum atomic E-state index is 9.68. The van der Waals surface area contributed by atoms with Crippen molar-refractivity contribution < 1.29 is 5.11 Å². The normalized spacial score (nSPS) is 15.9. The average molecular weight is 263 g/mol. The minimum atomic E-state index is 0.0372. The second-order valence-corrected chi connectivity index (χ2v) is 5.20. The van der Waals surface area contributed by atoms with Crippen LogP contribution in [0.2, 0.25) is 5.02 Å². The molecule has 0 saturated carbocycles. The zero-order valence-corrected chi connectivity index (χ0v) is 11.0. The van der Waals surface area contributed by atoms with Crippen LogP contribution in [0.5, 0.6) is 0 Å². The third-order valence-corrected chi connectivity index (χ3v) is 3.89. The molecule has 3 nitrogen and oxygen atoms in total. The third kappa shape index (κ3) is 1.79. The second-order valence-electron chi connectivity index (χ2n) is 4.80. The molecule has 3 rings (SSSR count). The van der Waals surface area contributed by atoms with Crippen molar-refractivity contribution in [2.24, 2.45) is 0 Å². The third-order valence-electron chi connectivity index (χ3n) is 3.59. The lowest BCUT2D eigenvalue weighted by Crippen LogP contribution is -2.28. The van der Waals surface area contributed by atoms with Gasteiger partial charge in [0, 0.05) is 30.6 Å². The fourth-order valence-corrected chi connectivity index (χ4v) is 2.85. The Labute approximate surface area is 111 Å². The minimum absolute atomic E-state index is 0.0372. The standard InChI is InChI=1S/C14H15ClN2O/c1-17-6-5-13-10(7-17)11(8-18)9-3-2-4-12(15)14(9)16-13/h2-4,18H,5-8H2,1H3. The molecule has 0 bridgehead atoms. The van der Waals surface area contributed by atoms with Gasteiger partial charge in [0.2, 0.25) is 0 Å².